The molecule has 0 aromatic heterocycles. The van der Waals surface area contributed by atoms with Crippen molar-refractivity contribution in [1.82, 2.24) is 5.32 Å². The minimum atomic E-state index is -0.978. The molecule has 0 unspecified atom stereocenters. The van der Waals surface area contributed by atoms with Crippen LogP contribution in [0, 0.1) is 0 Å². The summed E-state index contributed by atoms with van der Waals surface area (Å²) >= 11 is 0. The number of carbonyl (C=O) groups is 2. The summed E-state index contributed by atoms with van der Waals surface area (Å²) in [5.41, 5.74) is 2.22. The lowest BCUT2D eigenvalue weighted by Crippen LogP contribution is -2.26. The van der Waals surface area contributed by atoms with E-state index in [2.05, 4.69) is 17.4 Å². The van der Waals surface area contributed by atoms with Gasteiger partial charge in [-0.1, -0.05) is 42.5 Å². The number of benzene rings is 2. The Morgan fingerprint density at radius 3 is 2.50 bits per heavy atom. The lowest BCUT2D eigenvalue weighted by atomic mass is 10.1. The van der Waals surface area contributed by atoms with Gasteiger partial charge in [0.05, 0.1) is 20.1 Å². The lowest BCUT2D eigenvalue weighted by Gasteiger charge is -2.15. The summed E-state index contributed by atoms with van der Waals surface area (Å²) < 4.78 is 11.4. The molecule has 0 spiro atoms. The van der Waals surface area contributed by atoms with Gasteiger partial charge in [0.15, 0.2) is 11.5 Å². The average molecular weight is 385 g/mol. The van der Waals surface area contributed by atoms with E-state index in [-0.39, 0.29) is 18.7 Å². The fourth-order valence-electron chi connectivity index (χ4n) is 2.82. The van der Waals surface area contributed by atoms with Crippen molar-refractivity contribution < 1.29 is 24.2 Å². The Bertz CT molecular complexity index is 761. The highest BCUT2D eigenvalue weighted by Gasteiger charge is 2.11. The van der Waals surface area contributed by atoms with Gasteiger partial charge in [0.25, 0.3) is 0 Å². The third-order valence-corrected chi connectivity index (χ3v) is 4.26. The number of amides is 1. The number of hydrogen-bond acceptors (Lipinski definition) is 4. The van der Waals surface area contributed by atoms with Gasteiger partial charge in [-0.15, -0.1) is 0 Å². The lowest BCUT2D eigenvalue weighted by molar-refractivity contribution is -0.138. The van der Waals surface area contributed by atoms with E-state index < -0.39 is 5.97 Å². The maximum absolute atomic E-state index is 11.7. The molecule has 2 rings (SSSR count). The summed E-state index contributed by atoms with van der Waals surface area (Å²) in [5.74, 6) is 0.108. The number of nitrogens with one attached hydrogen (secondary N) is 1. The molecule has 0 saturated heterocycles. The van der Waals surface area contributed by atoms with Crippen LogP contribution in [0.3, 0.4) is 0 Å². The summed E-state index contributed by atoms with van der Waals surface area (Å²) in [4.78, 5) is 22.2. The minimum Gasteiger partial charge on any atom is -0.493 e. The Labute approximate surface area is 165 Å². The number of carbonyl (C=O) groups excluding carboxylic acids is 1. The Hall–Kier alpha value is -3.02. The van der Waals surface area contributed by atoms with E-state index in [0.29, 0.717) is 31.1 Å². The van der Waals surface area contributed by atoms with Gasteiger partial charge in [-0.05, 0) is 36.5 Å². The zero-order valence-corrected chi connectivity index (χ0v) is 16.1. The van der Waals surface area contributed by atoms with E-state index in [0.717, 1.165) is 18.4 Å². The first-order valence-corrected chi connectivity index (χ1v) is 9.41. The number of aryl methyl sites for hydroxylation is 1. The third-order valence-electron chi connectivity index (χ3n) is 4.26. The highest BCUT2D eigenvalue weighted by atomic mass is 16.5. The summed E-state index contributed by atoms with van der Waals surface area (Å²) in [6, 6.07) is 15.9. The highest BCUT2D eigenvalue weighted by Crippen LogP contribution is 2.31. The SMILES string of the molecule is COc1cccc(CCNC(=O)CCC(=O)O)c1OCCCc1ccccc1. The van der Waals surface area contributed by atoms with Crippen molar-refractivity contribution >= 4 is 11.9 Å². The smallest absolute Gasteiger partial charge is 0.303 e. The second-order valence-electron chi connectivity index (χ2n) is 6.38. The van der Waals surface area contributed by atoms with Crippen molar-refractivity contribution in [3.05, 3.63) is 59.7 Å². The molecule has 6 heteroatoms. The number of methoxy groups -OCH3 is 1. The van der Waals surface area contributed by atoms with Crippen LogP contribution in [0.5, 0.6) is 11.5 Å². The molecule has 0 aliphatic rings. The fraction of sp³-hybridized carbons (Fsp3) is 0.364. The summed E-state index contributed by atoms with van der Waals surface area (Å²) in [5, 5.41) is 11.4. The van der Waals surface area contributed by atoms with Crippen LogP contribution in [0.2, 0.25) is 0 Å². The molecule has 2 aromatic rings. The minimum absolute atomic E-state index is 0.0176. The summed E-state index contributed by atoms with van der Waals surface area (Å²) in [6.45, 7) is 0.971. The monoisotopic (exact) mass is 385 g/mol. The average Bonchev–Trinajstić information content (AvgIpc) is 2.71. The quantitative estimate of drug-likeness (QED) is 0.548. The van der Waals surface area contributed by atoms with E-state index in [4.69, 9.17) is 14.6 Å². The number of carboxylic acids is 1. The predicted octanol–water partition coefficient (Wildman–Crippen LogP) is 3.23. The molecule has 0 atom stereocenters. The fourth-order valence-corrected chi connectivity index (χ4v) is 2.82. The molecule has 6 nitrogen and oxygen atoms in total. The number of ether oxygens (including phenoxy) is 2. The van der Waals surface area contributed by atoms with Crippen molar-refractivity contribution in [1.29, 1.82) is 0 Å². The molecule has 0 saturated carbocycles. The van der Waals surface area contributed by atoms with Gasteiger partial charge in [-0.25, -0.2) is 0 Å². The molecule has 0 bridgehead atoms. The number of carboxylic acid groups (broad SMARTS) is 1. The summed E-state index contributed by atoms with van der Waals surface area (Å²) in [7, 11) is 1.60. The topological polar surface area (TPSA) is 84.9 Å². The van der Waals surface area contributed by atoms with E-state index in [1.165, 1.54) is 5.56 Å². The number of rotatable bonds is 12. The van der Waals surface area contributed by atoms with Gasteiger partial charge in [-0.2, -0.15) is 0 Å². The van der Waals surface area contributed by atoms with Gasteiger partial charge in [0.2, 0.25) is 5.91 Å². The standard InChI is InChI=1S/C22H27NO5/c1-27-19-11-5-10-18(14-15-23-20(24)12-13-21(25)26)22(19)28-16-6-9-17-7-3-2-4-8-17/h2-5,7-8,10-11H,6,9,12-16H2,1H3,(H,23,24)(H,25,26). The van der Waals surface area contributed by atoms with Crippen molar-refractivity contribution in [3.8, 4) is 11.5 Å². The Morgan fingerprint density at radius 2 is 1.79 bits per heavy atom. The van der Waals surface area contributed by atoms with Crippen LogP contribution < -0.4 is 14.8 Å². The van der Waals surface area contributed by atoms with Crippen LogP contribution in [0.15, 0.2) is 48.5 Å². The normalized spacial score (nSPS) is 10.3. The molecule has 0 aliphatic carbocycles. The van der Waals surface area contributed by atoms with Gasteiger partial charge >= 0.3 is 5.97 Å². The second-order valence-corrected chi connectivity index (χ2v) is 6.38. The number of aliphatic carboxylic acids is 1. The zero-order valence-electron chi connectivity index (χ0n) is 16.1. The zero-order chi connectivity index (χ0) is 20.2. The Kier molecular flexibility index (Phi) is 8.85. The maximum Gasteiger partial charge on any atom is 0.303 e. The van der Waals surface area contributed by atoms with Gasteiger partial charge < -0.3 is 19.9 Å². The Balaban J connectivity index is 1.86. The second kappa shape index (κ2) is 11.6. The molecule has 28 heavy (non-hydrogen) atoms. The first-order chi connectivity index (χ1) is 13.6. The van der Waals surface area contributed by atoms with Crippen molar-refractivity contribution in [2.75, 3.05) is 20.3 Å². The molecule has 150 valence electrons. The van der Waals surface area contributed by atoms with Crippen LogP contribution in [0.1, 0.15) is 30.4 Å². The van der Waals surface area contributed by atoms with Gasteiger partial charge in [0, 0.05) is 13.0 Å². The molecule has 2 aromatic carbocycles. The molecular weight excluding hydrogens is 358 g/mol. The maximum atomic E-state index is 11.7. The molecule has 0 radical (unpaired) electrons. The molecular formula is C22H27NO5. The van der Waals surface area contributed by atoms with E-state index in [1.807, 2.05) is 36.4 Å². The van der Waals surface area contributed by atoms with Crippen LogP contribution in [0.4, 0.5) is 0 Å². The van der Waals surface area contributed by atoms with Crippen molar-refractivity contribution in [2.24, 2.45) is 0 Å². The van der Waals surface area contributed by atoms with Crippen LogP contribution >= 0.6 is 0 Å². The first-order valence-electron chi connectivity index (χ1n) is 9.41. The van der Waals surface area contributed by atoms with E-state index in [1.54, 1.807) is 7.11 Å². The highest BCUT2D eigenvalue weighted by molar-refractivity contribution is 5.80. The van der Waals surface area contributed by atoms with Gasteiger partial charge in [-0.3, -0.25) is 9.59 Å². The molecule has 0 fully saturated rings. The molecule has 0 aliphatic heterocycles. The van der Waals surface area contributed by atoms with Crippen LogP contribution in [0.25, 0.3) is 0 Å². The largest absolute Gasteiger partial charge is 0.493 e. The van der Waals surface area contributed by atoms with E-state index >= 15 is 0 Å². The predicted molar refractivity (Wildman–Crippen MR) is 107 cm³/mol. The number of hydrogen-bond donors (Lipinski definition) is 2. The Morgan fingerprint density at radius 1 is 1.00 bits per heavy atom. The van der Waals surface area contributed by atoms with Crippen LogP contribution in [-0.2, 0) is 22.4 Å². The van der Waals surface area contributed by atoms with E-state index in [9.17, 15) is 9.59 Å². The summed E-state index contributed by atoms with van der Waals surface area (Å²) in [6.07, 6.45) is 2.21. The van der Waals surface area contributed by atoms with Crippen molar-refractivity contribution in [3.63, 3.8) is 0 Å². The molecule has 0 heterocycles. The first kappa shape index (κ1) is 21.3. The number of para-hydroxylation sites is 1. The molecule has 1 amide bonds. The van der Waals surface area contributed by atoms with Crippen molar-refractivity contribution in [2.45, 2.75) is 32.1 Å². The third kappa shape index (κ3) is 7.31. The molecule has 2 N–H and O–H groups in total. The van der Waals surface area contributed by atoms with Gasteiger partial charge in [0.1, 0.15) is 0 Å². The van der Waals surface area contributed by atoms with Crippen LogP contribution in [-0.4, -0.2) is 37.2 Å².